The third kappa shape index (κ3) is 2.86. The molecule has 1 aromatic carbocycles. The van der Waals surface area contributed by atoms with Crippen LogP contribution in [0.2, 0.25) is 0 Å². The molecule has 1 heterocycles. The Labute approximate surface area is 155 Å². The van der Waals surface area contributed by atoms with Crippen LogP contribution in [-0.4, -0.2) is 10.9 Å². The molecule has 3 aliphatic carbocycles. The Morgan fingerprint density at radius 3 is 2.81 bits per heavy atom. The lowest BCUT2D eigenvalue weighted by atomic mass is 9.49. The second-order valence-electron chi connectivity index (χ2n) is 7.67. The maximum atomic E-state index is 13.9. The number of thiazole rings is 1. The van der Waals surface area contributed by atoms with Crippen molar-refractivity contribution in [2.24, 2.45) is 27.3 Å². The number of allylic oxidation sites excluding steroid dienone is 2. The van der Waals surface area contributed by atoms with Gasteiger partial charge >= 0.3 is 0 Å². The van der Waals surface area contributed by atoms with E-state index in [0.717, 1.165) is 24.1 Å². The van der Waals surface area contributed by atoms with Crippen LogP contribution in [0.25, 0.3) is 0 Å². The highest BCUT2D eigenvalue weighted by atomic mass is 32.1. The number of hydrogen-bond donors (Lipinski definition) is 0. The van der Waals surface area contributed by atoms with Gasteiger partial charge in [-0.05, 0) is 54.7 Å². The summed E-state index contributed by atoms with van der Waals surface area (Å²) < 4.78 is 28.7. The summed E-state index contributed by atoms with van der Waals surface area (Å²) in [7, 11) is 0. The Balaban J connectivity index is 1.67. The highest BCUT2D eigenvalue weighted by Gasteiger charge is 2.50. The molecular formula is C20H21F2N3S. The van der Waals surface area contributed by atoms with Crippen LogP contribution in [0.1, 0.15) is 32.4 Å². The van der Waals surface area contributed by atoms with Crippen LogP contribution < -0.4 is 4.80 Å². The maximum absolute atomic E-state index is 13.9. The predicted octanol–water partition coefficient (Wildman–Crippen LogP) is 5.19. The second kappa shape index (κ2) is 6.27. The SMILES string of the molecule is Cc1csc(=Nc2ccc(F)cc2F)n1N=CC1=CCC2CC1C2(C)C. The molecule has 0 N–H and O–H groups in total. The van der Waals surface area contributed by atoms with Crippen molar-refractivity contribution in [3.63, 3.8) is 0 Å². The summed E-state index contributed by atoms with van der Waals surface area (Å²) in [5, 5.41) is 6.54. The van der Waals surface area contributed by atoms with E-state index in [1.165, 1.54) is 35.5 Å². The smallest absolute Gasteiger partial charge is 0.211 e. The summed E-state index contributed by atoms with van der Waals surface area (Å²) in [6.07, 6.45) is 6.54. The fraction of sp³-hybridized carbons (Fsp3) is 0.400. The molecule has 6 heteroatoms. The molecule has 5 rings (SSSR count). The molecule has 1 fully saturated rings. The molecule has 0 spiro atoms. The van der Waals surface area contributed by atoms with Gasteiger partial charge in [-0.25, -0.2) is 18.4 Å². The lowest BCUT2D eigenvalue weighted by molar-refractivity contribution is -0.00127. The zero-order valence-electron chi connectivity index (χ0n) is 15.0. The van der Waals surface area contributed by atoms with Crippen molar-refractivity contribution in [1.82, 2.24) is 4.68 Å². The van der Waals surface area contributed by atoms with Gasteiger partial charge in [0.2, 0.25) is 4.80 Å². The van der Waals surface area contributed by atoms with Crippen molar-refractivity contribution in [2.75, 3.05) is 0 Å². The van der Waals surface area contributed by atoms with Crippen molar-refractivity contribution in [1.29, 1.82) is 0 Å². The minimum Gasteiger partial charge on any atom is -0.217 e. The van der Waals surface area contributed by atoms with E-state index in [1.54, 1.807) is 4.68 Å². The summed E-state index contributed by atoms with van der Waals surface area (Å²) in [5.74, 6) is 0.0517. The molecule has 1 saturated carbocycles. The van der Waals surface area contributed by atoms with Gasteiger partial charge in [-0.15, -0.1) is 11.3 Å². The largest absolute Gasteiger partial charge is 0.217 e. The van der Waals surface area contributed by atoms with Gasteiger partial charge in [-0.2, -0.15) is 5.10 Å². The highest BCUT2D eigenvalue weighted by Crippen LogP contribution is 2.58. The van der Waals surface area contributed by atoms with Crippen LogP contribution in [0, 0.1) is 35.8 Å². The number of aryl methyl sites for hydroxylation is 1. The third-order valence-corrected chi connectivity index (χ3v) is 6.74. The number of nitrogens with zero attached hydrogens (tertiary/aromatic N) is 3. The Hall–Kier alpha value is -2.08. The van der Waals surface area contributed by atoms with Crippen LogP contribution >= 0.6 is 11.3 Å². The lowest BCUT2D eigenvalue weighted by Gasteiger charge is -2.55. The number of fused-ring (bicyclic) bond motifs is 1. The van der Waals surface area contributed by atoms with E-state index >= 15 is 0 Å². The zero-order chi connectivity index (χ0) is 18.5. The monoisotopic (exact) mass is 373 g/mol. The van der Waals surface area contributed by atoms with E-state index in [1.807, 2.05) is 18.5 Å². The minimum atomic E-state index is -0.677. The van der Waals surface area contributed by atoms with E-state index in [2.05, 4.69) is 30.0 Å². The number of halogens is 2. The first-order valence-electron chi connectivity index (χ1n) is 8.77. The quantitative estimate of drug-likeness (QED) is 0.663. The van der Waals surface area contributed by atoms with Crippen LogP contribution in [-0.2, 0) is 0 Å². The number of benzene rings is 1. The van der Waals surface area contributed by atoms with Gasteiger partial charge in [0.25, 0.3) is 0 Å². The van der Waals surface area contributed by atoms with Crippen LogP contribution in [0.4, 0.5) is 14.5 Å². The van der Waals surface area contributed by atoms with Crippen molar-refractivity contribution in [3.8, 4) is 0 Å². The molecule has 3 nitrogen and oxygen atoms in total. The van der Waals surface area contributed by atoms with Gasteiger partial charge in [0, 0.05) is 11.4 Å². The average molecular weight is 373 g/mol. The first-order valence-corrected chi connectivity index (χ1v) is 9.65. The van der Waals surface area contributed by atoms with Gasteiger partial charge in [0.1, 0.15) is 11.5 Å². The predicted molar refractivity (Wildman–Crippen MR) is 101 cm³/mol. The average Bonchev–Trinajstić information content (AvgIpc) is 2.95. The molecular weight excluding hydrogens is 352 g/mol. The van der Waals surface area contributed by atoms with E-state index in [-0.39, 0.29) is 5.69 Å². The summed E-state index contributed by atoms with van der Waals surface area (Å²) in [6, 6.07) is 3.39. The maximum Gasteiger partial charge on any atom is 0.211 e. The fourth-order valence-corrected chi connectivity index (χ4v) is 4.77. The van der Waals surface area contributed by atoms with Gasteiger partial charge in [0.05, 0.1) is 11.9 Å². The number of aromatic nitrogens is 1. The molecule has 2 aromatic rings. The normalized spacial score (nSPS) is 24.7. The van der Waals surface area contributed by atoms with Gasteiger partial charge in [-0.1, -0.05) is 19.9 Å². The van der Waals surface area contributed by atoms with E-state index in [9.17, 15) is 8.78 Å². The standard InChI is InChI=1S/C20H21F2N3S/c1-12-11-26-19(24-18-7-6-15(21)9-17(18)22)25(12)23-10-13-4-5-14-8-16(13)20(14,2)3/h4,6-7,9-11,14,16H,5,8H2,1-3H3. The molecule has 2 bridgehead atoms. The van der Waals surface area contributed by atoms with Crippen molar-refractivity contribution < 1.29 is 8.78 Å². The fourth-order valence-electron chi connectivity index (χ4n) is 3.95. The third-order valence-electron chi connectivity index (χ3n) is 5.81. The first kappa shape index (κ1) is 17.3. The lowest BCUT2D eigenvalue weighted by Crippen LogP contribution is -2.48. The minimum absolute atomic E-state index is 0.108. The Bertz CT molecular complexity index is 981. The summed E-state index contributed by atoms with van der Waals surface area (Å²) in [4.78, 5) is 4.89. The van der Waals surface area contributed by atoms with Crippen molar-refractivity contribution in [2.45, 2.75) is 33.6 Å². The van der Waals surface area contributed by atoms with Crippen LogP contribution in [0.3, 0.4) is 0 Å². The first-order chi connectivity index (χ1) is 12.4. The Morgan fingerprint density at radius 1 is 1.31 bits per heavy atom. The van der Waals surface area contributed by atoms with E-state index in [4.69, 9.17) is 0 Å². The molecule has 136 valence electrons. The molecule has 3 aliphatic rings. The number of hydrogen-bond acceptors (Lipinski definition) is 3. The molecule has 2 atom stereocenters. The zero-order valence-corrected chi connectivity index (χ0v) is 15.9. The molecule has 0 radical (unpaired) electrons. The summed E-state index contributed by atoms with van der Waals surface area (Å²) in [5.41, 5.74) is 2.65. The second-order valence-corrected chi connectivity index (χ2v) is 8.51. The summed E-state index contributed by atoms with van der Waals surface area (Å²) >= 11 is 1.38. The molecule has 0 amide bonds. The van der Waals surface area contributed by atoms with Crippen LogP contribution in [0.5, 0.6) is 0 Å². The molecule has 2 unspecified atom stereocenters. The Kier molecular flexibility index (Phi) is 4.18. The van der Waals surface area contributed by atoms with E-state index in [0.29, 0.717) is 16.1 Å². The molecule has 0 saturated heterocycles. The Morgan fingerprint density at radius 2 is 2.12 bits per heavy atom. The molecule has 0 aliphatic heterocycles. The van der Waals surface area contributed by atoms with E-state index < -0.39 is 11.6 Å². The highest BCUT2D eigenvalue weighted by molar-refractivity contribution is 7.07. The van der Waals surface area contributed by atoms with Crippen LogP contribution in [0.15, 0.2) is 45.3 Å². The van der Waals surface area contributed by atoms with Gasteiger partial charge in [-0.3, -0.25) is 0 Å². The summed E-state index contributed by atoms with van der Waals surface area (Å²) in [6.45, 7) is 6.59. The number of rotatable bonds is 3. The van der Waals surface area contributed by atoms with Gasteiger partial charge in [0.15, 0.2) is 5.82 Å². The van der Waals surface area contributed by atoms with Gasteiger partial charge < -0.3 is 0 Å². The van der Waals surface area contributed by atoms with Crippen molar-refractivity contribution in [3.05, 3.63) is 57.4 Å². The molecule has 1 aromatic heterocycles. The molecule has 26 heavy (non-hydrogen) atoms. The topological polar surface area (TPSA) is 29.6 Å². The van der Waals surface area contributed by atoms with Crippen molar-refractivity contribution >= 4 is 23.2 Å².